The SMILES string of the molecule is CSC(C(=O)O)c1csc(C)n1. The Morgan fingerprint density at radius 2 is 2.50 bits per heavy atom. The molecule has 1 aromatic heterocycles. The minimum Gasteiger partial charge on any atom is -0.480 e. The van der Waals surface area contributed by atoms with Gasteiger partial charge in [0, 0.05) is 5.38 Å². The second-order valence-electron chi connectivity index (χ2n) is 2.25. The Balaban J connectivity index is 2.87. The lowest BCUT2D eigenvalue weighted by molar-refractivity contribution is -0.136. The fourth-order valence-corrected chi connectivity index (χ4v) is 2.14. The smallest absolute Gasteiger partial charge is 0.322 e. The molecule has 0 amide bonds. The van der Waals surface area contributed by atoms with E-state index < -0.39 is 11.2 Å². The third kappa shape index (κ3) is 1.98. The molecule has 0 bridgehead atoms. The fraction of sp³-hybridized carbons (Fsp3) is 0.429. The summed E-state index contributed by atoms with van der Waals surface area (Å²) in [5.74, 6) is -0.826. The number of aromatic nitrogens is 1. The number of thioether (sulfide) groups is 1. The average molecular weight is 203 g/mol. The topological polar surface area (TPSA) is 50.2 Å². The molecule has 12 heavy (non-hydrogen) atoms. The monoisotopic (exact) mass is 203 g/mol. The number of aliphatic carboxylic acids is 1. The van der Waals surface area contributed by atoms with Gasteiger partial charge in [-0.1, -0.05) is 0 Å². The van der Waals surface area contributed by atoms with Crippen LogP contribution in [0.1, 0.15) is 16.0 Å². The standard InChI is InChI=1S/C7H9NO2S2/c1-4-8-5(3-12-4)6(11-2)7(9)10/h3,6H,1-2H3,(H,9,10). The van der Waals surface area contributed by atoms with Gasteiger partial charge in [-0.15, -0.1) is 23.1 Å². The van der Waals surface area contributed by atoms with E-state index in [1.165, 1.54) is 23.1 Å². The number of carbonyl (C=O) groups is 1. The first-order valence-corrected chi connectivity index (χ1v) is 5.49. The van der Waals surface area contributed by atoms with Gasteiger partial charge in [0.25, 0.3) is 0 Å². The fourth-order valence-electron chi connectivity index (χ4n) is 0.849. The number of hydrogen-bond donors (Lipinski definition) is 1. The number of hydrogen-bond acceptors (Lipinski definition) is 4. The Hall–Kier alpha value is -0.550. The van der Waals surface area contributed by atoms with Gasteiger partial charge in [0.05, 0.1) is 10.7 Å². The molecule has 0 aliphatic carbocycles. The molecule has 66 valence electrons. The van der Waals surface area contributed by atoms with E-state index in [9.17, 15) is 4.79 Å². The van der Waals surface area contributed by atoms with Crippen molar-refractivity contribution in [3.63, 3.8) is 0 Å². The van der Waals surface area contributed by atoms with E-state index in [4.69, 9.17) is 5.11 Å². The molecule has 0 spiro atoms. The molecule has 1 heterocycles. The molecule has 3 nitrogen and oxygen atoms in total. The maximum absolute atomic E-state index is 10.7. The Labute approximate surface area is 78.8 Å². The third-order valence-electron chi connectivity index (χ3n) is 1.37. The van der Waals surface area contributed by atoms with Gasteiger partial charge in [-0.25, -0.2) is 4.98 Å². The second kappa shape index (κ2) is 3.91. The highest BCUT2D eigenvalue weighted by molar-refractivity contribution is 7.99. The van der Waals surface area contributed by atoms with Crippen molar-refractivity contribution in [2.24, 2.45) is 0 Å². The van der Waals surface area contributed by atoms with Crippen LogP contribution in [0.25, 0.3) is 0 Å². The highest BCUT2D eigenvalue weighted by Crippen LogP contribution is 2.27. The van der Waals surface area contributed by atoms with E-state index in [1.54, 1.807) is 11.6 Å². The number of carboxylic acids is 1. The number of carboxylic acid groups (broad SMARTS) is 1. The van der Waals surface area contributed by atoms with Crippen LogP contribution in [0, 0.1) is 6.92 Å². The summed E-state index contributed by atoms with van der Waals surface area (Å²) in [6.45, 7) is 1.87. The summed E-state index contributed by atoms with van der Waals surface area (Å²) < 4.78 is 0. The van der Waals surface area contributed by atoms with Crippen molar-refractivity contribution in [2.45, 2.75) is 12.2 Å². The van der Waals surface area contributed by atoms with Crippen molar-refractivity contribution >= 4 is 29.1 Å². The van der Waals surface area contributed by atoms with Crippen LogP contribution in [-0.4, -0.2) is 22.3 Å². The minimum absolute atomic E-state index is 0.519. The van der Waals surface area contributed by atoms with Crippen molar-refractivity contribution in [3.05, 3.63) is 16.1 Å². The summed E-state index contributed by atoms with van der Waals surface area (Å²) in [6.07, 6.45) is 1.77. The Kier molecular flexibility index (Phi) is 3.11. The zero-order chi connectivity index (χ0) is 9.14. The number of rotatable bonds is 3. The van der Waals surface area contributed by atoms with E-state index in [0.29, 0.717) is 5.69 Å². The van der Waals surface area contributed by atoms with Crippen molar-refractivity contribution in [1.82, 2.24) is 4.98 Å². The molecule has 0 aliphatic heterocycles. The number of nitrogens with zero attached hydrogens (tertiary/aromatic N) is 1. The van der Waals surface area contributed by atoms with Crippen molar-refractivity contribution in [1.29, 1.82) is 0 Å². The predicted molar refractivity (Wildman–Crippen MR) is 50.7 cm³/mol. The molecular weight excluding hydrogens is 194 g/mol. The first-order valence-electron chi connectivity index (χ1n) is 3.32. The zero-order valence-corrected chi connectivity index (χ0v) is 8.41. The first kappa shape index (κ1) is 9.54. The molecule has 5 heteroatoms. The molecule has 0 aliphatic rings. The molecule has 1 rings (SSSR count). The van der Waals surface area contributed by atoms with Gasteiger partial charge in [0.2, 0.25) is 0 Å². The van der Waals surface area contributed by atoms with Gasteiger partial charge < -0.3 is 5.11 Å². The molecule has 1 aromatic rings. The summed E-state index contributed by atoms with van der Waals surface area (Å²) in [4.78, 5) is 14.8. The van der Waals surface area contributed by atoms with E-state index in [2.05, 4.69) is 4.98 Å². The normalized spacial score (nSPS) is 12.8. The van der Waals surface area contributed by atoms with Crippen LogP contribution in [-0.2, 0) is 4.79 Å². The van der Waals surface area contributed by atoms with Crippen LogP contribution >= 0.6 is 23.1 Å². The van der Waals surface area contributed by atoms with Crippen LogP contribution in [0.3, 0.4) is 0 Å². The Morgan fingerprint density at radius 3 is 2.83 bits per heavy atom. The quantitative estimate of drug-likeness (QED) is 0.815. The van der Waals surface area contributed by atoms with E-state index in [0.717, 1.165) is 5.01 Å². The third-order valence-corrected chi connectivity index (χ3v) is 3.07. The van der Waals surface area contributed by atoms with Gasteiger partial charge in [-0.05, 0) is 13.2 Å². The van der Waals surface area contributed by atoms with E-state index in [1.807, 2.05) is 6.92 Å². The first-order chi connectivity index (χ1) is 5.65. The summed E-state index contributed by atoms with van der Waals surface area (Å²) in [6, 6.07) is 0. The van der Waals surface area contributed by atoms with Gasteiger partial charge in [-0.2, -0.15) is 0 Å². The highest BCUT2D eigenvalue weighted by atomic mass is 32.2. The van der Waals surface area contributed by atoms with Crippen LogP contribution in [0.2, 0.25) is 0 Å². The second-order valence-corrected chi connectivity index (χ2v) is 4.25. The summed E-state index contributed by atoms with van der Waals surface area (Å²) in [5.41, 5.74) is 0.650. The van der Waals surface area contributed by atoms with Crippen LogP contribution < -0.4 is 0 Å². The van der Waals surface area contributed by atoms with Gasteiger partial charge >= 0.3 is 5.97 Å². The van der Waals surface area contributed by atoms with E-state index in [-0.39, 0.29) is 0 Å². The van der Waals surface area contributed by atoms with Crippen molar-refractivity contribution in [2.75, 3.05) is 6.26 Å². The zero-order valence-electron chi connectivity index (χ0n) is 6.77. The van der Waals surface area contributed by atoms with Crippen molar-refractivity contribution in [3.8, 4) is 0 Å². The molecule has 0 fully saturated rings. The summed E-state index contributed by atoms with van der Waals surface area (Å²) in [7, 11) is 0. The predicted octanol–water partition coefficient (Wildman–Crippen LogP) is 1.94. The van der Waals surface area contributed by atoms with Crippen LogP contribution in [0.5, 0.6) is 0 Å². The molecule has 0 aromatic carbocycles. The Bertz CT molecular complexity index is 285. The van der Waals surface area contributed by atoms with Crippen LogP contribution in [0.4, 0.5) is 0 Å². The molecule has 0 saturated heterocycles. The molecule has 1 N–H and O–H groups in total. The maximum atomic E-state index is 10.7. The molecular formula is C7H9NO2S2. The molecule has 1 unspecified atom stereocenters. The number of aryl methyl sites for hydroxylation is 1. The van der Waals surface area contributed by atoms with Gasteiger partial charge in [-0.3, -0.25) is 4.79 Å². The summed E-state index contributed by atoms with van der Waals surface area (Å²) >= 11 is 2.77. The largest absolute Gasteiger partial charge is 0.480 e. The van der Waals surface area contributed by atoms with Gasteiger partial charge in [0.1, 0.15) is 5.25 Å². The minimum atomic E-state index is -0.826. The van der Waals surface area contributed by atoms with E-state index >= 15 is 0 Å². The Morgan fingerprint density at radius 1 is 1.83 bits per heavy atom. The molecule has 0 radical (unpaired) electrons. The molecule has 0 saturated carbocycles. The maximum Gasteiger partial charge on any atom is 0.322 e. The lowest BCUT2D eigenvalue weighted by Crippen LogP contribution is -2.07. The highest BCUT2D eigenvalue weighted by Gasteiger charge is 2.20. The number of thiazole rings is 1. The lowest BCUT2D eigenvalue weighted by Gasteiger charge is -2.04. The average Bonchev–Trinajstić information content (AvgIpc) is 2.37. The lowest BCUT2D eigenvalue weighted by atomic mass is 10.3. The summed E-state index contributed by atoms with van der Waals surface area (Å²) in [5, 5.41) is 11.0. The van der Waals surface area contributed by atoms with Gasteiger partial charge in [0.15, 0.2) is 0 Å². The van der Waals surface area contributed by atoms with Crippen molar-refractivity contribution < 1.29 is 9.90 Å². The van der Waals surface area contributed by atoms with Crippen LogP contribution in [0.15, 0.2) is 5.38 Å². The molecule has 1 atom stereocenters.